The standard InChI is InChI=1S/C16H30O2.Na/c1-2-3-4-5-6-7-8-9-10-11-12-13-14-15-16(17)18;/h10-11H,2-9,12-15H2,1H3,(H,17,18);/q;+1/p-1/b11-10+;. The van der Waals surface area contributed by atoms with Crippen molar-refractivity contribution >= 4 is 5.97 Å². The molecule has 3 heteroatoms. The molecule has 0 radical (unpaired) electrons. The van der Waals surface area contributed by atoms with E-state index in [2.05, 4.69) is 19.1 Å². The maximum Gasteiger partial charge on any atom is 1.00 e. The van der Waals surface area contributed by atoms with Crippen molar-refractivity contribution in [1.29, 1.82) is 0 Å². The molecule has 0 aliphatic heterocycles. The van der Waals surface area contributed by atoms with Crippen molar-refractivity contribution in [3.63, 3.8) is 0 Å². The summed E-state index contributed by atoms with van der Waals surface area (Å²) in [5.41, 5.74) is 0. The summed E-state index contributed by atoms with van der Waals surface area (Å²) in [6.45, 7) is 2.25. The van der Waals surface area contributed by atoms with Crippen LogP contribution in [0.1, 0.15) is 84.0 Å². The van der Waals surface area contributed by atoms with Gasteiger partial charge in [0.1, 0.15) is 0 Å². The first-order valence-electron chi connectivity index (χ1n) is 7.62. The molecule has 106 valence electrons. The van der Waals surface area contributed by atoms with E-state index >= 15 is 0 Å². The molecule has 0 aromatic rings. The molecule has 0 saturated heterocycles. The molecule has 0 aliphatic carbocycles. The molecule has 0 saturated carbocycles. The van der Waals surface area contributed by atoms with Crippen molar-refractivity contribution in [2.75, 3.05) is 0 Å². The largest absolute Gasteiger partial charge is 1.00 e. The van der Waals surface area contributed by atoms with Gasteiger partial charge in [0, 0.05) is 5.97 Å². The quantitative estimate of drug-likeness (QED) is 0.286. The van der Waals surface area contributed by atoms with Gasteiger partial charge in [0.2, 0.25) is 0 Å². The van der Waals surface area contributed by atoms with E-state index in [1.165, 1.54) is 51.4 Å². The van der Waals surface area contributed by atoms with Crippen LogP contribution in [0.15, 0.2) is 12.2 Å². The Morgan fingerprint density at radius 1 is 0.842 bits per heavy atom. The molecule has 0 fully saturated rings. The third kappa shape index (κ3) is 20.7. The van der Waals surface area contributed by atoms with Gasteiger partial charge in [-0.2, -0.15) is 0 Å². The molecule has 0 N–H and O–H groups in total. The molecule has 0 atom stereocenters. The number of hydrogen-bond donors (Lipinski definition) is 0. The van der Waals surface area contributed by atoms with Crippen LogP contribution in [0.3, 0.4) is 0 Å². The molecule has 0 bridgehead atoms. The van der Waals surface area contributed by atoms with Gasteiger partial charge in [-0.3, -0.25) is 0 Å². The number of aliphatic carboxylic acids is 1. The topological polar surface area (TPSA) is 40.1 Å². The zero-order chi connectivity index (χ0) is 13.5. The Hall–Kier alpha value is 0.210. The SMILES string of the molecule is CCCCCCCCC/C=C/CCCCC(=O)[O-].[Na+]. The summed E-state index contributed by atoms with van der Waals surface area (Å²) in [5.74, 6) is -0.929. The fourth-order valence-electron chi connectivity index (χ4n) is 1.99. The molecule has 2 nitrogen and oxygen atoms in total. The van der Waals surface area contributed by atoms with E-state index in [1.54, 1.807) is 0 Å². The number of carboxylic acid groups (broad SMARTS) is 1. The molecule has 0 aliphatic rings. The van der Waals surface area contributed by atoms with Gasteiger partial charge in [-0.05, 0) is 38.5 Å². The maximum atomic E-state index is 10.2. The summed E-state index contributed by atoms with van der Waals surface area (Å²) in [4.78, 5) is 10.2. The summed E-state index contributed by atoms with van der Waals surface area (Å²) >= 11 is 0. The van der Waals surface area contributed by atoms with Gasteiger partial charge in [-0.15, -0.1) is 0 Å². The van der Waals surface area contributed by atoms with Gasteiger partial charge < -0.3 is 9.90 Å². The van der Waals surface area contributed by atoms with Crippen LogP contribution in [0.4, 0.5) is 0 Å². The number of carbonyl (C=O) groups excluding carboxylic acids is 1. The zero-order valence-electron chi connectivity index (χ0n) is 13.0. The Kier molecular flexibility index (Phi) is 20.6. The summed E-state index contributed by atoms with van der Waals surface area (Å²) in [5, 5.41) is 10.2. The molecule has 0 heterocycles. The summed E-state index contributed by atoms with van der Waals surface area (Å²) in [6, 6.07) is 0. The number of hydrogen-bond acceptors (Lipinski definition) is 2. The van der Waals surface area contributed by atoms with Gasteiger partial charge in [-0.25, -0.2) is 0 Å². The molecule has 19 heavy (non-hydrogen) atoms. The van der Waals surface area contributed by atoms with Crippen LogP contribution < -0.4 is 34.7 Å². The minimum Gasteiger partial charge on any atom is -0.550 e. The van der Waals surface area contributed by atoms with E-state index in [-0.39, 0.29) is 36.0 Å². The van der Waals surface area contributed by atoms with Gasteiger partial charge >= 0.3 is 29.6 Å². The number of rotatable bonds is 13. The number of unbranched alkanes of at least 4 members (excludes halogenated alkanes) is 9. The Morgan fingerprint density at radius 3 is 1.84 bits per heavy atom. The van der Waals surface area contributed by atoms with Crippen molar-refractivity contribution < 1.29 is 39.5 Å². The maximum absolute atomic E-state index is 10.2. The average molecular weight is 276 g/mol. The number of carbonyl (C=O) groups is 1. The Morgan fingerprint density at radius 2 is 1.32 bits per heavy atom. The van der Waals surface area contributed by atoms with E-state index in [0.717, 1.165) is 19.3 Å². The summed E-state index contributed by atoms with van der Waals surface area (Å²) in [7, 11) is 0. The van der Waals surface area contributed by atoms with E-state index in [9.17, 15) is 9.90 Å². The second-order valence-corrected chi connectivity index (χ2v) is 5.00. The second-order valence-electron chi connectivity index (χ2n) is 5.00. The second kappa shape index (κ2) is 18.2. The molecule has 0 unspecified atom stereocenters. The fourth-order valence-corrected chi connectivity index (χ4v) is 1.99. The smallest absolute Gasteiger partial charge is 0.550 e. The summed E-state index contributed by atoms with van der Waals surface area (Å²) in [6.07, 6.45) is 18.0. The normalized spacial score (nSPS) is 10.6. The van der Waals surface area contributed by atoms with Crippen LogP contribution in [0.2, 0.25) is 0 Å². The van der Waals surface area contributed by atoms with Crippen molar-refractivity contribution in [3.8, 4) is 0 Å². The fraction of sp³-hybridized carbons (Fsp3) is 0.812. The van der Waals surface area contributed by atoms with Crippen LogP contribution in [0.5, 0.6) is 0 Å². The molecule has 0 amide bonds. The minimum atomic E-state index is -0.929. The van der Waals surface area contributed by atoms with Crippen LogP contribution in [0, 0.1) is 0 Å². The van der Waals surface area contributed by atoms with E-state index in [0.29, 0.717) is 0 Å². The van der Waals surface area contributed by atoms with Gasteiger partial charge in [0.25, 0.3) is 0 Å². The zero-order valence-corrected chi connectivity index (χ0v) is 15.0. The molecule has 0 aromatic carbocycles. The van der Waals surface area contributed by atoms with Crippen LogP contribution >= 0.6 is 0 Å². The average Bonchev–Trinajstić information content (AvgIpc) is 2.34. The van der Waals surface area contributed by atoms with Crippen molar-refractivity contribution in [2.45, 2.75) is 84.0 Å². The summed E-state index contributed by atoms with van der Waals surface area (Å²) < 4.78 is 0. The van der Waals surface area contributed by atoms with Gasteiger partial charge in [0.05, 0.1) is 0 Å². The van der Waals surface area contributed by atoms with Crippen molar-refractivity contribution in [2.24, 2.45) is 0 Å². The van der Waals surface area contributed by atoms with Gasteiger partial charge in [-0.1, -0.05) is 57.6 Å². The van der Waals surface area contributed by atoms with Crippen molar-refractivity contribution in [3.05, 3.63) is 12.2 Å². The van der Waals surface area contributed by atoms with Crippen LogP contribution in [0.25, 0.3) is 0 Å². The van der Waals surface area contributed by atoms with Gasteiger partial charge in [0.15, 0.2) is 0 Å². The number of allylic oxidation sites excluding steroid dienone is 2. The van der Waals surface area contributed by atoms with Crippen LogP contribution in [-0.4, -0.2) is 5.97 Å². The van der Waals surface area contributed by atoms with E-state index < -0.39 is 5.97 Å². The first kappa shape index (κ1) is 21.5. The monoisotopic (exact) mass is 276 g/mol. The Labute approximate surface area is 141 Å². The predicted octanol–water partition coefficient (Wildman–Crippen LogP) is 0.998. The number of carboxylic acids is 1. The molecular formula is C16H29NaO2. The predicted molar refractivity (Wildman–Crippen MR) is 75.2 cm³/mol. The first-order valence-corrected chi connectivity index (χ1v) is 7.62. The van der Waals surface area contributed by atoms with E-state index in [4.69, 9.17) is 0 Å². The Balaban J connectivity index is 0. The third-order valence-electron chi connectivity index (χ3n) is 3.14. The third-order valence-corrected chi connectivity index (χ3v) is 3.14. The first-order chi connectivity index (χ1) is 8.77. The Bertz CT molecular complexity index is 215. The van der Waals surface area contributed by atoms with Crippen molar-refractivity contribution in [1.82, 2.24) is 0 Å². The minimum absolute atomic E-state index is 0. The van der Waals surface area contributed by atoms with E-state index in [1.807, 2.05) is 0 Å². The van der Waals surface area contributed by atoms with Crippen LogP contribution in [-0.2, 0) is 4.79 Å². The molecule has 0 aromatic heterocycles. The molecular weight excluding hydrogens is 247 g/mol. The molecule has 0 rings (SSSR count). The molecule has 0 spiro atoms.